The number of hydrogen-bond donors (Lipinski definition) is 1. The quantitative estimate of drug-likeness (QED) is 0.648. The predicted molar refractivity (Wildman–Crippen MR) is 104 cm³/mol. The molecule has 1 amide bonds. The fraction of sp³-hybridized carbons (Fsp3) is 0.250. The van der Waals surface area contributed by atoms with Crippen molar-refractivity contribution < 1.29 is 32.3 Å². The predicted octanol–water partition coefficient (Wildman–Crippen LogP) is 1.74. The average Bonchev–Trinajstić information content (AvgIpc) is 2.75. The van der Waals surface area contributed by atoms with Crippen LogP contribution in [-0.2, 0) is 30.7 Å². The van der Waals surface area contributed by atoms with Gasteiger partial charge in [0.15, 0.2) is 16.4 Å². The highest BCUT2D eigenvalue weighted by Gasteiger charge is 2.22. The molecule has 0 heterocycles. The van der Waals surface area contributed by atoms with Crippen LogP contribution in [0.4, 0.5) is 0 Å². The van der Waals surface area contributed by atoms with E-state index in [-0.39, 0.29) is 22.8 Å². The van der Waals surface area contributed by atoms with Crippen molar-refractivity contribution in [1.29, 1.82) is 0 Å². The average molecular weight is 419 g/mol. The van der Waals surface area contributed by atoms with Crippen LogP contribution >= 0.6 is 0 Å². The second-order valence-electron chi connectivity index (χ2n) is 5.94. The number of nitrogens with one attached hydrogen (secondary N) is 1. The Morgan fingerprint density at radius 2 is 1.62 bits per heavy atom. The Morgan fingerprint density at radius 3 is 2.24 bits per heavy atom. The van der Waals surface area contributed by atoms with Gasteiger partial charge in [-0.15, -0.1) is 0 Å². The second kappa shape index (κ2) is 9.83. The van der Waals surface area contributed by atoms with Gasteiger partial charge in [-0.3, -0.25) is 4.79 Å². The molecule has 154 valence electrons. The van der Waals surface area contributed by atoms with Crippen LogP contribution in [0.2, 0.25) is 0 Å². The van der Waals surface area contributed by atoms with Crippen LogP contribution in [0.1, 0.15) is 33.2 Å². The van der Waals surface area contributed by atoms with Crippen molar-refractivity contribution in [1.82, 2.24) is 5.32 Å². The third-order valence-corrected chi connectivity index (χ3v) is 5.81. The first-order valence-electron chi connectivity index (χ1n) is 8.71. The lowest BCUT2D eigenvalue weighted by molar-refractivity contribution is -0.124. The van der Waals surface area contributed by atoms with Gasteiger partial charge in [-0.25, -0.2) is 18.0 Å². The Bertz CT molecular complexity index is 998. The van der Waals surface area contributed by atoms with Crippen molar-refractivity contribution in [3.63, 3.8) is 0 Å². The van der Waals surface area contributed by atoms with Crippen LogP contribution in [0, 0.1) is 0 Å². The van der Waals surface area contributed by atoms with Gasteiger partial charge >= 0.3 is 11.9 Å². The first-order chi connectivity index (χ1) is 13.8. The number of ether oxygens (including phenoxy) is 2. The molecule has 0 aliphatic carbocycles. The van der Waals surface area contributed by atoms with E-state index < -0.39 is 34.3 Å². The van der Waals surface area contributed by atoms with E-state index in [1.54, 1.807) is 24.3 Å². The summed E-state index contributed by atoms with van der Waals surface area (Å²) in [4.78, 5) is 35.4. The molecule has 0 unspecified atom stereocenters. The highest BCUT2D eigenvalue weighted by molar-refractivity contribution is 7.91. The summed E-state index contributed by atoms with van der Waals surface area (Å²) in [7, 11) is -2.32. The maximum absolute atomic E-state index is 12.2. The Morgan fingerprint density at radius 1 is 0.966 bits per heavy atom. The number of carbonyl (C=O) groups excluding carboxylic acids is 3. The summed E-state index contributed by atoms with van der Waals surface area (Å²) in [6.45, 7) is 1.08. The van der Waals surface area contributed by atoms with E-state index in [2.05, 4.69) is 10.1 Å². The summed E-state index contributed by atoms with van der Waals surface area (Å²) in [6.07, 6.45) is 0. The molecule has 2 aromatic carbocycles. The lowest BCUT2D eigenvalue weighted by Gasteiger charge is -2.10. The largest absolute Gasteiger partial charge is 0.465 e. The smallest absolute Gasteiger partial charge is 0.339 e. The number of benzene rings is 2. The monoisotopic (exact) mass is 419 g/mol. The molecule has 29 heavy (non-hydrogen) atoms. The number of amides is 1. The molecule has 0 atom stereocenters. The van der Waals surface area contributed by atoms with Crippen molar-refractivity contribution >= 4 is 27.7 Å². The zero-order valence-electron chi connectivity index (χ0n) is 16.0. The van der Waals surface area contributed by atoms with Crippen LogP contribution in [-0.4, -0.2) is 45.7 Å². The Hall–Kier alpha value is -3.20. The molecule has 0 aliphatic rings. The van der Waals surface area contributed by atoms with E-state index in [4.69, 9.17) is 4.74 Å². The molecule has 0 saturated heterocycles. The van der Waals surface area contributed by atoms with Gasteiger partial charge in [-0.05, 0) is 29.8 Å². The van der Waals surface area contributed by atoms with Gasteiger partial charge in [-0.2, -0.15) is 0 Å². The molecule has 8 nitrogen and oxygen atoms in total. The first kappa shape index (κ1) is 22.1. The lowest BCUT2D eigenvalue weighted by Crippen LogP contribution is -2.28. The molecule has 0 saturated carbocycles. The fourth-order valence-electron chi connectivity index (χ4n) is 2.40. The van der Waals surface area contributed by atoms with Crippen molar-refractivity contribution in [2.75, 3.05) is 19.5 Å². The topological polar surface area (TPSA) is 116 Å². The molecule has 2 rings (SSSR count). The number of carbonyl (C=O) groups is 3. The van der Waals surface area contributed by atoms with E-state index in [1.165, 1.54) is 38.3 Å². The molecule has 0 bridgehead atoms. The van der Waals surface area contributed by atoms with E-state index >= 15 is 0 Å². The number of esters is 2. The number of methoxy groups -OCH3 is 1. The summed E-state index contributed by atoms with van der Waals surface area (Å²) in [5, 5.41) is 2.57. The van der Waals surface area contributed by atoms with Crippen LogP contribution in [0.25, 0.3) is 0 Å². The van der Waals surface area contributed by atoms with Gasteiger partial charge in [0.05, 0.1) is 28.9 Å². The molecular weight excluding hydrogens is 398 g/mol. The molecule has 0 radical (unpaired) electrons. The fourth-order valence-corrected chi connectivity index (χ4v) is 3.48. The van der Waals surface area contributed by atoms with Gasteiger partial charge < -0.3 is 14.8 Å². The van der Waals surface area contributed by atoms with Gasteiger partial charge in [0.25, 0.3) is 5.91 Å². The minimum atomic E-state index is -3.60. The molecule has 2 aromatic rings. The standard InChI is InChI=1S/C20H21NO7S/c1-3-29(25,26)17-7-5-4-6-16(17)20(24)28-13-18(22)21-12-14-8-10-15(11-9-14)19(23)27-2/h4-11H,3,12-13H2,1-2H3,(H,21,22). The molecule has 9 heteroatoms. The lowest BCUT2D eigenvalue weighted by atomic mass is 10.1. The summed E-state index contributed by atoms with van der Waals surface area (Å²) in [6, 6.07) is 12.1. The van der Waals surface area contributed by atoms with E-state index in [9.17, 15) is 22.8 Å². The Labute approximate surface area is 168 Å². The van der Waals surface area contributed by atoms with Gasteiger partial charge in [0, 0.05) is 6.54 Å². The minimum absolute atomic E-state index is 0.111. The van der Waals surface area contributed by atoms with Crippen LogP contribution in [0.5, 0.6) is 0 Å². The van der Waals surface area contributed by atoms with E-state index in [1.807, 2.05) is 0 Å². The number of rotatable bonds is 8. The second-order valence-corrected chi connectivity index (χ2v) is 8.19. The van der Waals surface area contributed by atoms with Crippen LogP contribution < -0.4 is 5.32 Å². The molecule has 0 aliphatic heterocycles. The Balaban J connectivity index is 1.91. The molecular formula is C20H21NO7S. The molecule has 1 N–H and O–H groups in total. The SMILES string of the molecule is CCS(=O)(=O)c1ccccc1C(=O)OCC(=O)NCc1ccc(C(=O)OC)cc1. The highest BCUT2D eigenvalue weighted by Crippen LogP contribution is 2.18. The van der Waals surface area contributed by atoms with Crippen molar-refractivity contribution in [2.45, 2.75) is 18.4 Å². The third kappa shape index (κ3) is 5.89. The third-order valence-electron chi connectivity index (χ3n) is 4.02. The summed E-state index contributed by atoms with van der Waals surface area (Å²) in [5.41, 5.74) is 1.01. The first-order valence-corrected chi connectivity index (χ1v) is 10.4. The van der Waals surface area contributed by atoms with Gasteiger partial charge in [-0.1, -0.05) is 31.2 Å². The summed E-state index contributed by atoms with van der Waals surface area (Å²) < 4.78 is 33.7. The zero-order chi connectivity index (χ0) is 21.4. The van der Waals surface area contributed by atoms with Crippen molar-refractivity contribution in [2.24, 2.45) is 0 Å². The molecule has 0 fully saturated rings. The zero-order valence-corrected chi connectivity index (χ0v) is 16.8. The maximum atomic E-state index is 12.2. The molecule has 0 spiro atoms. The molecule has 0 aromatic heterocycles. The van der Waals surface area contributed by atoms with Gasteiger partial charge in [0.2, 0.25) is 0 Å². The summed E-state index contributed by atoms with van der Waals surface area (Å²) >= 11 is 0. The van der Waals surface area contributed by atoms with E-state index in [0.29, 0.717) is 5.56 Å². The Kier molecular flexibility index (Phi) is 7.49. The van der Waals surface area contributed by atoms with E-state index in [0.717, 1.165) is 5.56 Å². The van der Waals surface area contributed by atoms with Crippen LogP contribution in [0.15, 0.2) is 53.4 Å². The minimum Gasteiger partial charge on any atom is -0.465 e. The highest BCUT2D eigenvalue weighted by atomic mass is 32.2. The van der Waals surface area contributed by atoms with Crippen LogP contribution in [0.3, 0.4) is 0 Å². The van der Waals surface area contributed by atoms with Crippen molar-refractivity contribution in [3.8, 4) is 0 Å². The number of sulfone groups is 1. The normalized spacial score (nSPS) is 10.8. The number of hydrogen-bond acceptors (Lipinski definition) is 7. The van der Waals surface area contributed by atoms with Crippen molar-refractivity contribution in [3.05, 3.63) is 65.2 Å². The maximum Gasteiger partial charge on any atom is 0.339 e. The van der Waals surface area contributed by atoms with Gasteiger partial charge in [0.1, 0.15) is 0 Å². The summed E-state index contributed by atoms with van der Waals surface area (Å²) in [5.74, 6) is -2.06.